The Morgan fingerprint density at radius 1 is 1.15 bits per heavy atom. The zero-order valence-corrected chi connectivity index (χ0v) is 19.9. The second-order valence-corrected chi connectivity index (χ2v) is 9.87. The normalized spacial score (nSPS) is 22.8. The standard InChI is InChI=1S/C24H32FN5O3/c1-16(17-6-8-18(25)9-7-17)30-15-26-12-19(30)20-13-27(5)22(31)21-14-28(10-11-29(20)21)23(32)33-24(2,3)4/h6-9,12,15-16,20-21H,10-11,13-14H2,1-5H3. The number of imidazole rings is 1. The van der Waals surface area contributed by atoms with Crippen LogP contribution in [0.5, 0.6) is 0 Å². The van der Waals surface area contributed by atoms with E-state index >= 15 is 0 Å². The number of aromatic nitrogens is 2. The monoisotopic (exact) mass is 457 g/mol. The Balaban J connectivity index is 1.58. The van der Waals surface area contributed by atoms with Crippen LogP contribution >= 0.6 is 0 Å². The van der Waals surface area contributed by atoms with Gasteiger partial charge in [0.05, 0.1) is 24.1 Å². The van der Waals surface area contributed by atoms with E-state index in [4.69, 9.17) is 4.74 Å². The van der Waals surface area contributed by atoms with Crippen LogP contribution in [-0.2, 0) is 9.53 Å². The number of piperazine rings is 2. The third-order valence-corrected chi connectivity index (χ3v) is 6.39. The highest BCUT2D eigenvalue weighted by Crippen LogP contribution is 2.33. The van der Waals surface area contributed by atoms with Crippen LogP contribution in [0.4, 0.5) is 9.18 Å². The largest absolute Gasteiger partial charge is 0.444 e. The molecule has 0 bridgehead atoms. The van der Waals surface area contributed by atoms with Crippen molar-refractivity contribution in [2.45, 2.75) is 51.4 Å². The lowest BCUT2D eigenvalue weighted by atomic mass is 9.99. The van der Waals surface area contributed by atoms with E-state index in [9.17, 15) is 14.0 Å². The SMILES string of the molecule is CC(c1ccc(F)cc1)n1cncc1C1CN(C)C(=O)C2CN(C(=O)OC(C)(C)C)CCN21. The van der Waals surface area contributed by atoms with Crippen molar-refractivity contribution in [2.24, 2.45) is 0 Å². The Bertz CT molecular complexity index is 1020. The van der Waals surface area contributed by atoms with Gasteiger partial charge in [-0.2, -0.15) is 0 Å². The highest BCUT2D eigenvalue weighted by Gasteiger charge is 2.45. The van der Waals surface area contributed by atoms with Gasteiger partial charge >= 0.3 is 6.09 Å². The number of hydrogen-bond acceptors (Lipinski definition) is 5. The molecule has 1 aromatic carbocycles. The molecule has 0 N–H and O–H groups in total. The number of ether oxygens (including phenoxy) is 1. The van der Waals surface area contributed by atoms with Crippen molar-refractivity contribution in [3.8, 4) is 0 Å². The van der Waals surface area contributed by atoms with Gasteiger partial charge in [-0.3, -0.25) is 9.69 Å². The Hall–Kier alpha value is -2.94. The molecule has 0 saturated carbocycles. The highest BCUT2D eigenvalue weighted by atomic mass is 19.1. The Morgan fingerprint density at radius 2 is 1.85 bits per heavy atom. The summed E-state index contributed by atoms with van der Waals surface area (Å²) in [6.07, 6.45) is 3.23. The predicted octanol–water partition coefficient (Wildman–Crippen LogP) is 3.07. The first kappa shape index (κ1) is 23.2. The zero-order chi connectivity index (χ0) is 23.9. The summed E-state index contributed by atoms with van der Waals surface area (Å²) in [5, 5.41) is 0. The second kappa shape index (κ2) is 8.78. The van der Waals surface area contributed by atoms with Crippen molar-refractivity contribution < 1.29 is 18.7 Å². The summed E-state index contributed by atoms with van der Waals surface area (Å²) in [6.45, 7) is 9.42. The Kier molecular flexibility index (Phi) is 6.18. The molecule has 2 aliphatic rings. The molecule has 0 aliphatic carbocycles. The maximum atomic E-state index is 13.4. The van der Waals surface area contributed by atoms with Crippen molar-refractivity contribution in [1.82, 2.24) is 24.3 Å². The van der Waals surface area contributed by atoms with Crippen molar-refractivity contribution in [3.63, 3.8) is 0 Å². The van der Waals surface area contributed by atoms with E-state index in [0.717, 1.165) is 11.3 Å². The maximum absolute atomic E-state index is 13.4. The molecule has 1 aromatic heterocycles. The minimum Gasteiger partial charge on any atom is -0.444 e. The van der Waals surface area contributed by atoms with Crippen molar-refractivity contribution in [1.29, 1.82) is 0 Å². The predicted molar refractivity (Wildman–Crippen MR) is 121 cm³/mol. The molecule has 0 radical (unpaired) electrons. The van der Waals surface area contributed by atoms with Crippen LogP contribution in [0.25, 0.3) is 0 Å². The number of carbonyl (C=O) groups excluding carboxylic acids is 2. The van der Waals surface area contributed by atoms with E-state index in [1.807, 2.05) is 33.9 Å². The molecule has 2 amide bonds. The van der Waals surface area contributed by atoms with Crippen molar-refractivity contribution in [3.05, 3.63) is 53.9 Å². The van der Waals surface area contributed by atoms with Crippen LogP contribution in [0, 0.1) is 5.82 Å². The van der Waals surface area contributed by atoms with Gasteiger partial charge in [0.2, 0.25) is 5.91 Å². The quantitative estimate of drug-likeness (QED) is 0.709. The molecule has 9 heteroatoms. The van der Waals surface area contributed by atoms with Gasteiger partial charge in [0.15, 0.2) is 0 Å². The lowest BCUT2D eigenvalue weighted by Gasteiger charge is -2.49. The third kappa shape index (κ3) is 4.73. The molecule has 2 aliphatic heterocycles. The number of carbonyl (C=O) groups is 2. The van der Waals surface area contributed by atoms with Crippen molar-refractivity contribution in [2.75, 3.05) is 33.2 Å². The molecule has 3 unspecified atom stereocenters. The molecular weight excluding hydrogens is 425 g/mol. The van der Waals surface area contributed by atoms with Gasteiger partial charge < -0.3 is 19.1 Å². The minimum absolute atomic E-state index is 0.00263. The smallest absolute Gasteiger partial charge is 0.410 e. The van der Waals surface area contributed by atoms with Crippen LogP contribution in [0.2, 0.25) is 0 Å². The minimum atomic E-state index is -0.590. The lowest BCUT2D eigenvalue weighted by Crippen LogP contribution is -2.65. The zero-order valence-electron chi connectivity index (χ0n) is 19.9. The number of nitrogens with zero attached hydrogens (tertiary/aromatic N) is 5. The van der Waals surface area contributed by atoms with Gasteiger partial charge in [-0.15, -0.1) is 0 Å². The fourth-order valence-corrected chi connectivity index (χ4v) is 4.65. The number of hydrogen-bond donors (Lipinski definition) is 0. The number of fused-ring (bicyclic) bond motifs is 1. The molecule has 2 aromatic rings. The number of rotatable bonds is 3. The summed E-state index contributed by atoms with van der Waals surface area (Å²) in [4.78, 5) is 35.6. The van der Waals surface area contributed by atoms with Crippen LogP contribution in [0.3, 0.4) is 0 Å². The molecule has 2 fully saturated rings. The summed E-state index contributed by atoms with van der Waals surface area (Å²) in [5.74, 6) is -0.271. The van der Waals surface area contributed by atoms with E-state index < -0.39 is 17.7 Å². The van der Waals surface area contributed by atoms with Crippen molar-refractivity contribution >= 4 is 12.0 Å². The second-order valence-electron chi connectivity index (χ2n) is 9.87. The average molecular weight is 458 g/mol. The van der Waals surface area contributed by atoms with Gasteiger partial charge in [0.25, 0.3) is 0 Å². The number of halogens is 1. The molecule has 178 valence electrons. The van der Waals surface area contributed by atoms with Gasteiger partial charge in [0, 0.05) is 39.4 Å². The average Bonchev–Trinajstić information content (AvgIpc) is 3.24. The first-order valence-corrected chi connectivity index (χ1v) is 11.3. The van der Waals surface area contributed by atoms with E-state index in [-0.39, 0.29) is 30.4 Å². The molecule has 33 heavy (non-hydrogen) atoms. The Morgan fingerprint density at radius 3 is 2.52 bits per heavy atom. The summed E-state index contributed by atoms with van der Waals surface area (Å²) < 4.78 is 21.0. The Labute approximate surface area is 193 Å². The fourth-order valence-electron chi connectivity index (χ4n) is 4.65. The molecule has 2 saturated heterocycles. The highest BCUT2D eigenvalue weighted by molar-refractivity contribution is 5.84. The number of benzene rings is 1. The van der Waals surface area contributed by atoms with Gasteiger partial charge in [-0.1, -0.05) is 12.1 Å². The number of likely N-dealkylation sites (N-methyl/N-ethyl adjacent to an activating group) is 1. The lowest BCUT2D eigenvalue weighted by molar-refractivity contribution is -0.147. The fraction of sp³-hybridized carbons (Fsp3) is 0.542. The first-order valence-electron chi connectivity index (χ1n) is 11.3. The molecule has 3 heterocycles. The summed E-state index contributed by atoms with van der Waals surface area (Å²) >= 11 is 0. The van der Waals surface area contributed by atoms with E-state index in [2.05, 4.69) is 14.5 Å². The topological polar surface area (TPSA) is 70.9 Å². The molecule has 0 spiro atoms. The third-order valence-electron chi connectivity index (χ3n) is 6.39. The van der Waals surface area contributed by atoms with Crippen LogP contribution < -0.4 is 0 Å². The van der Waals surface area contributed by atoms with E-state index in [1.165, 1.54) is 12.1 Å². The number of amides is 2. The van der Waals surface area contributed by atoms with E-state index in [1.54, 1.807) is 35.3 Å². The maximum Gasteiger partial charge on any atom is 0.410 e. The summed E-state index contributed by atoms with van der Waals surface area (Å²) in [6, 6.07) is 5.92. The van der Waals surface area contributed by atoms with Gasteiger partial charge in [0.1, 0.15) is 17.5 Å². The molecule has 3 atom stereocenters. The molecular formula is C24H32FN5O3. The molecule has 4 rings (SSSR count). The van der Waals surface area contributed by atoms with Crippen LogP contribution in [0.1, 0.15) is 51.0 Å². The first-order chi connectivity index (χ1) is 15.5. The van der Waals surface area contributed by atoms with Crippen LogP contribution in [0.15, 0.2) is 36.8 Å². The van der Waals surface area contributed by atoms with Gasteiger partial charge in [-0.05, 0) is 45.4 Å². The molecule has 8 nitrogen and oxygen atoms in total. The summed E-state index contributed by atoms with van der Waals surface area (Å²) in [5.41, 5.74) is 1.37. The summed E-state index contributed by atoms with van der Waals surface area (Å²) in [7, 11) is 1.79. The van der Waals surface area contributed by atoms with E-state index in [0.29, 0.717) is 19.6 Å². The van der Waals surface area contributed by atoms with Crippen LogP contribution in [-0.4, -0.2) is 81.1 Å². The van der Waals surface area contributed by atoms with Gasteiger partial charge in [-0.25, -0.2) is 14.2 Å².